The highest BCUT2D eigenvalue weighted by Gasteiger charge is 2.15. The van der Waals surface area contributed by atoms with Gasteiger partial charge in [-0.05, 0) is 34.7 Å². The van der Waals surface area contributed by atoms with Gasteiger partial charge >= 0.3 is 0 Å². The summed E-state index contributed by atoms with van der Waals surface area (Å²) in [7, 11) is 0. The highest BCUT2D eigenvalue weighted by Crippen LogP contribution is 2.29. The molecule has 0 fully saturated rings. The molecule has 0 saturated heterocycles. The van der Waals surface area contributed by atoms with Crippen molar-refractivity contribution in [3.05, 3.63) is 51.8 Å². The molecule has 0 spiro atoms. The highest BCUT2D eigenvalue weighted by atomic mass is 127. The predicted octanol–water partition coefficient (Wildman–Crippen LogP) is 4.15. The van der Waals surface area contributed by atoms with E-state index in [1.54, 1.807) is 0 Å². The molecular weight excluding hydrogens is 377 g/mol. The maximum absolute atomic E-state index is 6.04. The topological polar surface area (TPSA) is 64.9 Å². The quantitative estimate of drug-likeness (QED) is 0.682. The SMILES string of the molecule is CCc1ccc(-c2nc(N)c(I)c(-c3ccccc3)n2)o1. The number of benzene rings is 1. The van der Waals surface area contributed by atoms with Gasteiger partial charge in [-0.25, -0.2) is 9.97 Å². The largest absolute Gasteiger partial charge is 0.458 e. The van der Waals surface area contributed by atoms with Crippen molar-refractivity contribution in [1.82, 2.24) is 9.97 Å². The Bertz CT molecular complexity index is 768. The van der Waals surface area contributed by atoms with Crippen molar-refractivity contribution in [3.63, 3.8) is 0 Å². The minimum atomic E-state index is 0.467. The number of halogens is 1. The lowest BCUT2D eigenvalue weighted by Crippen LogP contribution is -2.02. The zero-order chi connectivity index (χ0) is 14.8. The highest BCUT2D eigenvalue weighted by molar-refractivity contribution is 14.1. The Morgan fingerprint density at radius 1 is 1.10 bits per heavy atom. The summed E-state index contributed by atoms with van der Waals surface area (Å²) in [6, 6.07) is 13.8. The van der Waals surface area contributed by atoms with Crippen LogP contribution in [0, 0.1) is 3.57 Å². The number of aryl methyl sites for hydroxylation is 1. The van der Waals surface area contributed by atoms with Crippen LogP contribution in [0.25, 0.3) is 22.8 Å². The first-order valence-electron chi connectivity index (χ1n) is 6.66. The second-order valence-corrected chi connectivity index (χ2v) is 5.66. The van der Waals surface area contributed by atoms with Crippen LogP contribution in [0.15, 0.2) is 46.9 Å². The number of hydrogen-bond donors (Lipinski definition) is 1. The third-order valence-corrected chi connectivity index (χ3v) is 4.22. The lowest BCUT2D eigenvalue weighted by Gasteiger charge is -2.08. The molecule has 2 heterocycles. The Labute approximate surface area is 136 Å². The van der Waals surface area contributed by atoms with Gasteiger partial charge in [-0.1, -0.05) is 37.3 Å². The third-order valence-electron chi connectivity index (χ3n) is 3.15. The van der Waals surface area contributed by atoms with E-state index in [9.17, 15) is 0 Å². The molecule has 106 valence electrons. The summed E-state index contributed by atoms with van der Waals surface area (Å²) in [4.78, 5) is 8.97. The Hall–Kier alpha value is -1.89. The molecule has 0 amide bonds. The Morgan fingerprint density at radius 2 is 1.86 bits per heavy atom. The van der Waals surface area contributed by atoms with Crippen LogP contribution in [0.3, 0.4) is 0 Å². The fourth-order valence-electron chi connectivity index (χ4n) is 2.05. The maximum atomic E-state index is 6.04. The Balaban J connectivity index is 2.14. The molecule has 3 aromatic rings. The molecule has 0 bridgehead atoms. The first kappa shape index (κ1) is 14.1. The molecule has 0 aliphatic heterocycles. The van der Waals surface area contributed by atoms with E-state index in [1.807, 2.05) is 49.4 Å². The van der Waals surface area contributed by atoms with E-state index in [1.165, 1.54) is 0 Å². The molecule has 0 aliphatic carbocycles. The van der Waals surface area contributed by atoms with Crippen molar-refractivity contribution in [2.24, 2.45) is 0 Å². The van der Waals surface area contributed by atoms with E-state index in [2.05, 4.69) is 32.6 Å². The molecule has 4 nitrogen and oxygen atoms in total. The number of nitrogen functional groups attached to an aromatic ring is 1. The molecule has 2 aromatic heterocycles. The van der Waals surface area contributed by atoms with Gasteiger partial charge in [0.1, 0.15) is 11.6 Å². The monoisotopic (exact) mass is 391 g/mol. The van der Waals surface area contributed by atoms with Crippen molar-refractivity contribution in [2.75, 3.05) is 5.73 Å². The van der Waals surface area contributed by atoms with Gasteiger partial charge in [0.2, 0.25) is 0 Å². The first-order valence-corrected chi connectivity index (χ1v) is 7.74. The predicted molar refractivity (Wildman–Crippen MR) is 91.7 cm³/mol. The minimum Gasteiger partial charge on any atom is -0.458 e. The number of furan rings is 1. The zero-order valence-corrected chi connectivity index (χ0v) is 13.7. The number of nitrogens with two attached hydrogens (primary N) is 1. The van der Waals surface area contributed by atoms with E-state index in [0.29, 0.717) is 17.4 Å². The van der Waals surface area contributed by atoms with Gasteiger partial charge in [0.05, 0.1) is 9.26 Å². The van der Waals surface area contributed by atoms with Crippen molar-refractivity contribution in [3.8, 4) is 22.8 Å². The second kappa shape index (κ2) is 5.85. The van der Waals surface area contributed by atoms with Crippen LogP contribution in [-0.4, -0.2) is 9.97 Å². The number of rotatable bonds is 3. The van der Waals surface area contributed by atoms with Crippen molar-refractivity contribution >= 4 is 28.4 Å². The lowest BCUT2D eigenvalue weighted by atomic mass is 10.1. The van der Waals surface area contributed by atoms with Crippen LogP contribution in [0.1, 0.15) is 12.7 Å². The Kier molecular flexibility index (Phi) is 3.92. The standard InChI is InChI=1S/C16H14IN3O/c1-2-11-8-9-12(21-11)16-19-14(13(17)15(18)20-16)10-6-4-3-5-7-10/h3-9H,2H2,1H3,(H2,18,19,20). The van der Waals surface area contributed by atoms with Crippen molar-refractivity contribution < 1.29 is 4.42 Å². The summed E-state index contributed by atoms with van der Waals surface area (Å²) in [5, 5.41) is 0. The third kappa shape index (κ3) is 2.78. The molecule has 5 heteroatoms. The van der Waals surface area contributed by atoms with Gasteiger partial charge < -0.3 is 10.2 Å². The van der Waals surface area contributed by atoms with Crippen molar-refractivity contribution in [2.45, 2.75) is 13.3 Å². The average molecular weight is 391 g/mol. The molecule has 2 N–H and O–H groups in total. The van der Waals surface area contributed by atoms with E-state index in [4.69, 9.17) is 10.2 Å². The summed E-state index contributed by atoms with van der Waals surface area (Å²) in [5.41, 5.74) is 7.88. The fourth-order valence-corrected chi connectivity index (χ4v) is 2.60. The van der Waals surface area contributed by atoms with Gasteiger partial charge in [0.25, 0.3) is 0 Å². The van der Waals surface area contributed by atoms with E-state index >= 15 is 0 Å². The molecular formula is C16H14IN3O. The van der Waals surface area contributed by atoms with Crippen LogP contribution < -0.4 is 5.73 Å². The van der Waals surface area contributed by atoms with Gasteiger partial charge in [0, 0.05) is 12.0 Å². The Morgan fingerprint density at radius 3 is 2.52 bits per heavy atom. The van der Waals surface area contributed by atoms with E-state index < -0.39 is 0 Å². The first-order chi connectivity index (χ1) is 10.2. The number of anilines is 1. The number of nitrogens with zero attached hydrogens (tertiary/aromatic N) is 2. The molecule has 0 aliphatic rings. The van der Waals surface area contributed by atoms with Crippen LogP contribution in [0.4, 0.5) is 5.82 Å². The molecule has 21 heavy (non-hydrogen) atoms. The van der Waals surface area contributed by atoms with Gasteiger partial charge in [-0.15, -0.1) is 0 Å². The molecule has 3 rings (SSSR count). The summed E-state index contributed by atoms with van der Waals surface area (Å²) in [6.07, 6.45) is 0.839. The summed E-state index contributed by atoms with van der Waals surface area (Å²) < 4.78 is 6.57. The molecule has 0 atom stereocenters. The lowest BCUT2D eigenvalue weighted by molar-refractivity contribution is 0.525. The van der Waals surface area contributed by atoms with E-state index in [0.717, 1.165) is 27.0 Å². The summed E-state index contributed by atoms with van der Waals surface area (Å²) >= 11 is 2.18. The fraction of sp³-hybridized carbons (Fsp3) is 0.125. The van der Waals surface area contributed by atoms with Crippen LogP contribution in [0.2, 0.25) is 0 Å². The van der Waals surface area contributed by atoms with Crippen LogP contribution in [-0.2, 0) is 6.42 Å². The van der Waals surface area contributed by atoms with Gasteiger partial charge in [-0.3, -0.25) is 0 Å². The zero-order valence-electron chi connectivity index (χ0n) is 11.5. The van der Waals surface area contributed by atoms with Crippen molar-refractivity contribution in [1.29, 1.82) is 0 Å². The van der Waals surface area contributed by atoms with Gasteiger partial charge in [-0.2, -0.15) is 0 Å². The van der Waals surface area contributed by atoms with Crippen LogP contribution in [0.5, 0.6) is 0 Å². The normalized spacial score (nSPS) is 10.8. The smallest absolute Gasteiger partial charge is 0.198 e. The minimum absolute atomic E-state index is 0.467. The molecule has 0 radical (unpaired) electrons. The number of aromatic nitrogens is 2. The second-order valence-electron chi connectivity index (χ2n) is 4.58. The van der Waals surface area contributed by atoms with Gasteiger partial charge in [0.15, 0.2) is 11.6 Å². The molecule has 1 aromatic carbocycles. The average Bonchev–Trinajstić information content (AvgIpc) is 3.00. The molecule has 0 unspecified atom stereocenters. The maximum Gasteiger partial charge on any atom is 0.198 e. The van der Waals surface area contributed by atoms with E-state index in [-0.39, 0.29) is 0 Å². The number of hydrogen-bond acceptors (Lipinski definition) is 4. The summed E-state index contributed by atoms with van der Waals surface area (Å²) in [5.74, 6) is 2.54. The van der Waals surface area contributed by atoms with Crippen LogP contribution >= 0.6 is 22.6 Å². The molecule has 0 saturated carbocycles. The summed E-state index contributed by atoms with van der Waals surface area (Å²) in [6.45, 7) is 2.04.